The summed E-state index contributed by atoms with van der Waals surface area (Å²) in [5.41, 5.74) is 5.74. The molecule has 0 radical (unpaired) electrons. The first-order chi connectivity index (χ1) is 9.51. The van der Waals surface area contributed by atoms with E-state index in [1.54, 1.807) is 18.2 Å². The Hall–Kier alpha value is -0.970. The molecule has 0 spiro atoms. The first-order valence-electron chi connectivity index (χ1n) is 6.44. The molecule has 0 heterocycles. The molecular weight excluding hydrogens is 301 g/mol. The normalized spacial score (nSPS) is 13.8. The summed E-state index contributed by atoms with van der Waals surface area (Å²) < 4.78 is 10.6. The van der Waals surface area contributed by atoms with Crippen molar-refractivity contribution in [2.45, 2.75) is 38.4 Å². The fraction of sp³-hybridized carbons (Fsp3) is 0.500. The molecule has 1 aromatic rings. The average Bonchev–Trinajstić information content (AvgIpc) is 2.39. The maximum Gasteiger partial charge on any atom is 0.404 e. The maximum atomic E-state index is 11.1. The minimum atomic E-state index is -0.837. The summed E-state index contributed by atoms with van der Waals surface area (Å²) in [6.45, 7) is 2.05. The number of nitrogens with two attached hydrogens (primary N) is 1. The molecule has 1 amide bonds. The molecule has 0 fully saturated rings. The predicted octanol–water partition coefficient (Wildman–Crippen LogP) is 4.34. The summed E-state index contributed by atoms with van der Waals surface area (Å²) in [4.78, 5) is 11.1. The zero-order valence-electron chi connectivity index (χ0n) is 11.6. The second-order valence-electron chi connectivity index (χ2n) is 4.41. The Morgan fingerprint density at radius 1 is 1.35 bits per heavy atom. The van der Waals surface area contributed by atoms with Gasteiger partial charge in [-0.3, -0.25) is 0 Å². The summed E-state index contributed by atoms with van der Waals surface area (Å²) in [6.07, 6.45) is 0.562. The third-order valence-corrected chi connectivity index (χ3v) is 3.64. The largest absolute Gasteiger partial charge is 0.443 e. The van der Waals surface area contributed by atoms with Gasteiger partial charge in [0.1, 0.15) is 12.2 Å². The summed E-state index contributed by atoms with van der Waals surface area (Å²) in [5, 5.41) is 0.942. The lowest BCUT2D eigenvalue weighted by atomic mass is 9.99. The third-order valence-electron chi connectivity index (χ3n) is 2.99. The Labute approximate surface area is 129 Å². The van der Waals surface area contributed by atoms with E-state index < -0.39 is 18.3 Å². The monoisotopic (exact) mass is 319 g/mol. The molecule has 1 rings (SSSR count). The van der Waals surface area contributed by atoms with Gasteiger partial charge in [-0.2, -0.15) is 0 Å². The average molecular weight is 320 g/mol. The Morgan fingerprint density at radius 3 is 2.40 bits per heavy atom. The summed E-state index contributed by atoms with van der Waals surface area (Å²) in [5.74, 6) is 0. The van der Waals surface area contributed by atoms with Crippen molar-refractivity contribution in [1.82, 2.24) is 0 Å². The van der Waals surface area contributed by atoms with Crippen LogP contribution in [0.15, 0.2) is 18.2 Å². The van der Waals surface area contributed by atoms with Crippen molar-refractivity contribution in [1.29, 1.82) is 0 Å². The highest BCUT2D eigenvalue weighted by Gasteiger charge is 2.29. The molecule has 2 N–H and O–H groups in total. The molecule has 0 aliphatic rings. The van der Waals surface area contributed by atoms with Crippen molar-refractivity contribution in [3.8, 4) is 0 Å². The second-order valence-corrected chi connectivity index (χ2v) is 5.22. The quantitative estimate of drug-likeness (QED) is 0.813. The van der Waals surface area contributed by atoms with E-state index in [4.69, 9.17) is 38.4 Å². The molecule has 0 aliphatic heterocycles. The number of halogens is 2. The highest BCUT2D eigenvalue weighted by atomic mass is 35.5. The number of hydrogen-bond acceptors (Lipinski definition) is 3. The van der Waals surface area contributed by atoms with Gasteiger partial charge in [-0.25, -0.2) is 4.79 Å². The van der Waals surface area contributed by atoms with Crippen molar-refractivity contribution in [2.75, 3.05) is 7.11 Å². The Kier molecular flexibility index (Phi) is 7.13. The molecule has 112 valence electrons. The van der Waals surface area contributed by atoms with E-state index in [9.17, 15) is 4.79 Å². The number of amides is 1. The summed E-state index contributed by atoms with van der Waals surface area (Å²) >= 11 is 12.4. The van der Waals surface area contributed by atoms with Gasteiger partial charge in [-0.05, 0) is 25.0 Å². The smallest absolute Gasteiger partial charge is 0.404 e. The summed E-state index contributed by atoms with van der Waals surface area (Å²) in [7, 11) is 1.52. The third kappa shape index (κ3) is 4.54. The van der Waals surface area contributed by atoms with Crippen molar-refractivity contribution < 1.29 is 14.3 Å². The first-order valence-corrected chi connectivity index (χ1v) is 7.19. The van der Waals surface area contributed by atoms with E-state index in [1.807, 2.05) is 6.92 Å². The first kappa shape index (κ1) is 17.1. The van der Waals surface area contributed by atoms with E-state index in [0.717, 1.165) is 12.8 Å². The molecule has 2 atom stereocenters. The number of primary amides is 1. The van der Waals surface area contributed by atoms with E-state index in [2.05, 4.69) is 0 Å². The lowest BCUT2D eigenvalue weighted by molar-refractivity contribution is -0.0256. The van der Waals surface area contributed by atoms with E-state index >= 15 is 0 Å². The van der Waals surface area contributed by atoms with Gasteiger partial charge in [-0.1, -0.05) is 42.6 Å². The molecule has 0 saturated heterocycles. The zero-order valence-corrected chi connectivity index (χ0v) is 13.1. The highest BCUT2D eigenvalue weighted by Crippen LogP contribution is 2.36. The zero-order chi connectivity index (χ0) is 15.1. The molecule has 20 heavy (non-hydrogen) atoms. The van der Waals surface area contributed by atoms with Crippen LogP contribution in [0.4, 0.5) is 4.79 Å². The highest BCUT2D eigenvalue weighted by molar-refractivity contribution is 6.36. The van der Waals surface area contributed by atoms with Crippen LogP contribution in [0.1, 0.15) is 37.9 Å². The standard InChI is InChI=1S/C14H19Cl2NO3/c1-3-4-8-11(20-14(17)18)13(19-2)12-9(15)6-5-7-10(12)16/h5-7,11,13H,3-4,8H2,1-2H3,(H2,17,18). The van der Waals surface area contributed by atoms with Crippen molar-refractivity contribution >= 4 is 29.3 Å². The van der Waals surface area contributed by atoms with Crippen molar-refractivity contribution in [3.63, 3.8) is 0 Å². The number of benzene rings is 1. The molecule has 6 heteroatoms. The number of carbonyl (C=O) groups excluding carboxylic acids is 1. The SMILES string of the molecule is CCCCC(OC(N)=O)C(OC)c1c(Cl)cccc1Cl. The number of unbranched alkanes of at least 4 members (excludes halogenated alkanes) is 1. The number of carbonyl (C=O) groups is 1. The van der Waals surface area contributed by atoms with Gasteiger partial charge >= 0.3 is 6.09 Å². The number of hydrogen-bond donors (Lipinski definition) is 1. The number of ether oxygens (including phenoxy) is 2. The van der Waals surface area contributed by atoms with Crippen LogP contribution < -0.4 is 5.73 Å². The minimum absolute atomic E-state index is 0.471. The molecular formula is C14H19Cl2NO3. The molecule has 0 aromatic heterocycles. The molecule has 4 nitrogen and oxygen atoms in total. The van der Waals surface area contributed by atoms with Gasteiger partial charge < -0.3 is 15.2 Å². The molecule has 0 bridgehead atoms. The lowest BCUT2D eigenvalue weighted by Gasteiger charge is -2.27. The molecule has 1 aromatic carbocycles. The van der Waals surface area contributed by atoms with Gasteiger partial charge in [0.15, 0.2) is 0 Å². The Balaban J connectivity index is 3.08. The van der Waals surface area contributed by atoms with E-state index in [-0.39, 0.29) is 0 Å². The fourth-order valence-corrected chi connectivity index (χ4v) is 2.68. The fourth-order valence-electron chi connectivity index (χ4n) is 2.06. The van der Waals surface area contributed by atoms with Crippen LogP contribution in [-0.4, -0.2) is 19.3 Å². The van der Waals surface area contributed by atoms with Gasteiger partial charge in [0, 0.05) is 22.7 Å². The summed E-state index contributed by atoms with van der Waals surface area (Å²) in [6, 6.07) is 5.18. The van der Waals surface area contributed by atoms with E-state index in [0.29, 0.717) is 22.0 Å². The Morgan fingerprint density at radius 2 is 1.95 bits per heavy atom. The number of methoxy groups -OCH3 is 1. The van der Waals surface area contributed by atoms with Crippen LogP contribution >= 0.6 is 23.2 Å². The molecule has 0 saturated carbocycles. The van der Waals surface area contributed by atoms with Crippen LogP contribution in [0.3, 0.4) is 0 Å². The van der Waals surface area contributed by atoms with E-state index in [1.165, 1.54) is 7.11 Å². The van der Waals surface area contributed by atoms with Crippen LogP contribution in [0, 0.1) is 0 Å². The van der Waals surface area contributed by atoms with Gasteiger partial charge in [0.05, 0.1) is 0 Å². The lowest BCUT2D eigenvalue weighted by Crippen LogP contribution is -2.30. The van der Waals surface area contributed by atoms with Gasteiger partial charge in [-0.15, -0.1) is 0 Å². The van der Waals surface area contributed by atoms with Crippen LogP contribution in [0.5, 0.6) is 0 Å². The van der Waals surface area contributed by atoms with Crippen molar-refractivity contribution in [3.05, 3.63) is 33.8 Å². The van der Waals surface area contributed by atoms with Gasteiger partial charge in [0.2, 0.25) is 0 Å². The second kappa shape index (κ2) is 8.35. The topological polar surface area (TPSA) is 61.5 Å². The maximum absolute atomic E-state index is 11.1. The molecule has 2 unspecified atom stereocenters. The predicted molar refractivity (Wildman–Crippen MR) is 80.2 cm³/mol. The number of rotatable bonds is 7. The Bertz CT molecular complexity index is 434. The van der Waals surface area contributed by atoms with Crippen LogP contribution in [0.25, 0.3) is 0 Å². The van der Waals surface area contributed by atoms with Crippen LogP contribution in [0.2, 0.25) is 10.0 Å². The minimum Gasteiger partial charge on any atom is -0.443 e. The van der Waals surface area contributed by atoms with Crippen LogP contribution in [-0.2, 0) is 9.47 Å². The molecule has 0 aliphatic carbocycles. The van der Waals surface area contributed by atoms with Gasteiger partial charge in [0.25, 0.3) is 0 Å². The van der Waals surface area contributed by atoms with Crippen molar-refractivity contribution in [2.24, 2.45) is 5.73 Å².